The Morgan fingerprint density at radius 3 is 2.47 bits per heavy atom. The number of ether oxygens (including phenoxy) is 1. The van der Waals surface area contributed by atoms with Crippen LogP contribution in [-0.4, -0.2) is 26.2 Å². The van der Waals surface area contributed by atoms with Crippen molar-refractivity contribution >= 4 is 10.9 Å². The fourth-order valence-corrected chi connectivity index (χ4v) is 3.31. The van der Waals surface area contributed by atoms with E-state index in [9.17, 15) is 18.0 Å². The molecule has 2 aromatic heterocycles. The van der Waals surface area contributed by atoms with Gasteiger partial charge in [0.1, 0.15) is 11.4 Å². The number of pyridine rings is 1. The van der Waals surface area contributed by atoms with Gasteiger partial charge in [0.2, 0.25) is 5.88 Å². The minimum atomic E-state index is -4.44. The highest BCUT2D eigenvalue weighted by Crippen LogP contribution is 2.33. The number of hydrogen-bond acceptors (Lipinski definition) is 5. The van der Waals surface area contributed by atoms with Crippen molar-refractivity contribution in [2.45, 2.75) is 19.1 Å². The molecule has 2 aromatic carbocycles. The van der Waals surface area contributed by atoms with Crippen LogP contribution < -0.4 is 10.2 Å². The van der Waals surface area contributed by atoms with Gasteiger partial charge in [-0.1, -0.05) is 6.07 Å². The molecule has 1 N–H and O–H groups in total. The second-order valence-corrected chi connectivity index (χ2v) is 7.02. The van der Waals surface area contributed by atoms with E-state index in [1.54, 1.807) is 24.4 Å². The Bertz CT molecular complexity index is 1300. The van der Waals surface area contributed by atoms with Crippen LogP contribution in [0.5, 0.6) is 11.6 Å². The normalized spacial score (nSPS) is 11.6. The van der Waals surface area contributed by atoms with Gasteiger partial charge in [0, 0.05) is 48.8 Å². The van der Waals surface area contributed by atoms with Crippen molar-refractivity contribution in [2.75, 3.05) is 6.61 Å². The predicted molar refractivity (Wildman–Crippen MR) is 112 cm³/mol. The summed E-state index contributed by atoms with van der Waals surface area (Å²) in [6.07, 6.45) is 0.646. The van der Waals surface area contributed by atoms with Crippen molar-refractivity contribution in [3.8, 4) is 22.9 Å². The summed E-state index contributed by atoms with van der Waals surface area (Å²) in [5.74, 6) is 0.298. The number of aromatic nitrogens is 3. The van der Waals surface area contributed by atoms with Crippen LogP contribution >= 0.6 is 0 Å². The summed E-state index contributed by atoms with van der Waals surface area (Å²) in [6, 6.07) is 10.9. The number of hydrogen-bond donors (Lipinski definition) is 1. The molecule has 0 unspecified atom stereocenters. The highest BCUT2D eigenvalue weighted by atomic mass is 19.4. The Hall–Kier alpha value is -3.72. The summed E-state index contributed by atoms with van der Waals surface area (Å²) < 4.78 is 46.0. The third kappa shape index (κ3) is 4.47. The molecule has 0 aliphatic rings. The van der Waals surface area contributed by atoms with Crippen molar-refractivity contribution in [1.29, 1.82) is 0 Å². The lowest BCUT2D eigenvalue weighted by Gasteiger charge is -2.13. The molecule has 2 heterocycles. The van der Waals surface area contributed by atoms with Crippen LogP contribution in [0.15, 0.2) is 71.9 Å². The van der Waals surface area contributed by atoms with Crippen LogP contribution in [0.2, 0.25) is 0 Å². The SMILES string of the molecule is O=c1ccn(CCCO)c2cc(-c3nccnc3Oc3ccc(C(F)(F)F)cc3)ccc12. The molecule has 0 aliphatic heterocycles. The van der Waals surface area contributed by atoms with Crippen LogP contribution in [-0.2, 0) is 12.7 Å². The maximum atomic E-state index is 12.8. The number of nitrogens with zero attached hydrogens (tertiary/aromatic N) is 3. The number of fused-ring (bicyclic) bond motifs is 1. The monoisotopic (exact) mass is 441 g/mol. The lowest BCUT2D eigenvalue weighted by Crippen LogP contribution is -2.09. The second-order valence-electron chi connectivity index (χ2n) is 7.02. The van der Waals surface area contributed by atoms with Crippen molar-refractivity contribution < 1.29 is 23.0 Å². The molecule has 164 valence electrons. The molecule has 0 radical (unpaired) electrons. The van der Waals surface area contributed by atoms with Crippen LogP contribution in [0.3, 0.4) is 0 Å². The molecule has 0 spiro atoms. The molecule has 0 amide bonds. The van der Waals surface area contributed by atoms with Gasteiger partial charge in [0.05, 0.1) is 11.1 Å². The van der Waals surface area contributed by atoms with Crippen LogP contribution in [0.25, 0.3) is 22.2 Å². The Kier molecular flexibility index (Phi) is 5.91. The summed E-state index contributed by atoms with van der Waals surface area (Å²) in [5, 5.41) is 9.67. The molecule has 4 rings (SSSR count). The van der Waals surface area contributed by atoms with E-state index in [1.165, 1.54) is 30.6 Å². The van der Waals surface area contributed by atoms with Crippen molar-refractivity contribution in [3.05, 3.63) is 82.9 Å². The van der Waals surface area contributed by atoms with Crippen LogP contribution in [0.1, 0.15) is 12.0 Å². The molecule has 4 aromatic rings. The Morgan fingerprint density at radius 2 is 1.75 bits per heavy atom. The standard InChI is InChI=1S/C23H18F3N3O3/c24-23(25,26)16-3-5-17(6-4-16)32-22-21(27-9-10-28-22)15-2-7-18-19(14-15)29(11-1-13-30)12-8-20(18)31/h2-10,12,14,30H,1,11,13H2. The van der Waals surface area contributed by atoms with Gasteiger partial charge < -0.3 is 14.4 Å². The van der Waals surface area contributed by atoms with E-state index >= 15 is 0 Å². The molecule has 0 fully saturated rings. The molecule has 9 heteroatoms. The largest absolute Gasteiger partial charge is 0.437 e. The van der Waals surface area contributed by atoms with E-state index in [2.05, 4.69) is 9.97 Å². The molecule has 32 heavy (non-hydrogen) atoms. The van der Waals surface area contributed by atoms with Gasteiger partial charge in [-0.15, -0.1) is 0 Å². The third-order valence-electron chi connectivity index (χ3n) is 4.87. The Labute approximate surface area is 180 Å². The van der Waals surface area contributed by atoms with E-state index < -0.39 is 11.7 Å². The molecule has 0 saturated carbocycles. The van der Waals surface area contributed by atoms with Crippen molar-refractivity contribution in [3.63, 3.8) is 0 Å². The molecule has 0 atom stereocenters. The van der Waals surface area contributed by atoms with Crippen LogP contribution in [0, 0.1) is 0 Å². The van der Waals surface area contributed by atoms with Gasteiger partial charge in [-0.2, -0.15) is 13.2 Å². The maximum absolute atomic E-state index is 12.8. The highest BCUT2D eigenvalue weighted by molar-refractivity contribution is 5.84. The van der Waals surface area contributed by atoms with E-state index in [1.807, 2.05) is 4.57 Å². The zero-order chi connectivity index (χ0) is 22.7. The van der Waals surface area contributed by atoms with Crippen molar-refractivity contribution in [2.24, 2.45) is 0 Å². The Morgan fingerprint density at radius 1 is 1.00 bits per heavy atom. The number of aryl methyl sites for hydroxylation is 1. The van der Waals surface area contributed by atoms with Gasteiger partial charge in [-0.3, -0.25) is 4.79 Å². The summed E-state index contributed by atoms with van der Waals surface area (Å²) in [6.45, 7) is 0.536. The van der Waals surface area contributed by atoms with Crippen molar-refractivity contribution in [1.82, 2.24) is 14.5 Å². The minimum Gasteiger partial charge on any atom is -0.437 e. The summed E-state index contributed by atoms with van der Waals surface area (Å²) in [4.78, 5) is 20.8. The topological polar surface area (TPSA) is 77.2 Å². The van der Waals surface area contributed by atoms with E-state index in [0.717, 1.165) is 12.1 Å². The lowest BCUT2D eigenvalue weighted by atomic mass is 10.1. The summed E-state index contributed by atoms with van der Waals surface area (Å²) in [5.41, 5.74) is 0.747. The molecular weight excluding hydrogens is 423 g/mol. The van der Waals surface area contributed by atoms with E-state index in [4.69, 9.17) is 9.84 Å². The molecule has 0 aliphatic carbocycles. The van der Waals surface area contributed by atoms with Gasteiger partial charge >= 0.3 is 6.18 Å². The fraction of sp³-hybridized carbons (Fsp3) is 0.174. The molecule has 6 nitrogen and oxygen atoms in total. The smallest absolute Gasteiger partial charge is 0.416 e. The summed E-state index contributed by atoms with van der Waals surface area (Å²) >= 11 is 0. The second kappa shape index (κ2) is 8.80. The fourth-order valence-electron chi connectivity index (χ4n) is 3.31. The number of aliphatic hydroxyl groups is 1. The number of aliphatic hydroxyl groups excluding tert-OH is 1. The number of benzene rings is 2. The average Bonchev–Trinajstić information content (AvgIpc) is 2.79. The average molecular weight is 441 g/mol. The molecular formula is C23H18F3N3O3. The van der Waals surface area contributed by atoms with E-state index in [0.29, 0.717) is 35.1 Å². The number of rotatable bonds is 6. The van der Waals surface area contributed by atoms with Gasteiger partial charge in [-0.25, -0.2) is 9.97 Å². The first-order valence-electron chi connectivity index (χ1n) is 9.77. The first kappa shape index (κ1) is 21.5. The Balaban J connectivity index is 1.72. The lowest BCUT2D eigenvalue weighted by molar-refractivity contribution is -0.137. The molecule has 0 bridgehead atoms. The molecule has 0 saturated heterocycles. The predicted octanol–water partition coefficient (Wildman–Crippen LogP) is 4.65. The minimum absolute atomic E-state index is 0.0165. The summed E-state index contributed by atoms with van der Waals surface area (Å²) in [7, 11) is 0. The maximum Gasteiger partial charge on any atom is 0.416 e. The van der Waals surface area contributed by atoms with E-state index in [-0.39, 0.29) is 23.7 Å². The van der Waals surface area contributed by atoms with Gasteiger partial charge in [0.25, 0.3) is 0 Å². The zero-order valence-corrected chi connectivity index (χ0v) is 16.7. The quantitative estimate of drug-likeness (QED) is 0.471. The van der Waals surface area contributed by atoms with Crippen LogP contribution in [0.4, 0.5) is 13.2 Å². The number of alkyl halides is 3. The first-order valence-corrected chi connectivity index (χ1v) is 9.77. The zero-order valence-electron chi connectivity index (χ0n) is 16.7. The number of halogens is 3. The third-order valence-corrected chi connectivity index (χ3v) is 4.87. The first-order chi connectivity index (χ1) is 15.4. The van der Waals surface area contributed by atoms with Gasteiger partial charge in [0.15, 0.2) is 5.43 Å². The van der Waals surface area contributed by atoms with Gasteiger partial charge in [-0.05, 0) is 42.8 Å². The highest BCUT2D eigenvalue weighted by Gasteiger charge is 2.30.